The average Bonchev–Trinajstić information content (AvgIpc) is 2.38. The summed E-state index contributed by atoms with van der Waals surface area (Å²) in [5, 5.41) is 0. The van der Waals surface area contributed by atoms with E-state index in [0.29, 0.717) is 5.92 Å². The number of hydrogen-bond donors (Lipinski definition) is 0. The monoisotopic (exact) mass is 237 g/mol. The van der Waals surface area contributed by atoms with Crippen molar-refractivity contribution in [3.05, 3.63) is 71.6 Å². The largest absolute Gasteiger partial charge is 0.258 e. The normalized spacial score (nSPS) is 12.2. The number of nitrogens with zero attached hydrogens (tertiary/aromatic N) is 1. The van der Waals surface area contributed by atoms with E-state index >= 15 is 0 Å². The van der Waals surface area contributed by atoms with Crippen LogP contribution in [-0.2, 0) is 0 Å². The van der Waals surface area contributed by atoms with Crippen molar-refractivity contribution in [1.82, 2.24) is 4.98 Å². The van der Waals surface area contributed by atoms with Crippen LogP contribution in [0.5, 0.6) is 0 Å². The van der Waals surface area contributed by atoms with Crippen molar-refractivity contribution >= 4 is 5.57 Å². The Morgan fingerprint density at radius 1 is 1.11 bits per heavy atom. The fourth-order valence-corrected chi connectivity index (χ4v) is 2.03. The number of hydrogen-bond acceptors (Lipinski definition) is 1. The Hall–Kier alpha value is -1.89. The third-order valence-electron chi connectivity index (χ3n) is 3.26. The molecule has 0 aliphatic heterocycles. The number of benzene rings is 1. The maximum absolute atomic E-state index is 4.59. The third-order valence-corrected chi connectivity index (χ3v) is 3.26. The first-order valence-corrected chi connectivity index (χ1v) is 6.27. The highest BCUT2D eigenvalue weighted by molar-refractivity contribution is 5.61. The maximum Gasteiger partial charge on any atom is 0.0478 e. The van der Waals surface area contributed by atoms with Gasteiger partial charge in [-0.15, -0.1) is 0 Å². The SMILES string of the molecule is C=C(C)c1ccc(C(C)c2cccc(C)n2)cc1. The summed E-state index contributed by atoms with van der Waals surface area (Å²) in [6.07, 6.45) is 0. The van der Waals surface area contributed by atoms with Gasteiger partial charge in [0.1, 0.15) is 0 Å². The number of aryl methyl sites for hydroxylation is 1. The molecule has 2 aromatic rings. The first-order chi connectivity index (χ1) is 8.58. The highest BCUT2D eigenvalue weighted by atomic mass is 14.7. The van der Waals surface area contributed by atoms with Crippen LogP contribution in [0.25, 0.3) is 5.57 Å². The predicted octanol–water partition coefficient (Wildman–Crippen LogP) is 4.57. The summed E-state index contributed by atoms with van der Waals surface area (Å²) in [6.45, 7) is 10.2. The molecule has 0 spiro atoms. The standard InChI is InChI=1S/C17H19N/c1-12(2)15-8-10-16(11-9-15)14(4)17-7-5-6-13(3)18-17/h5-11,14H,1H2,2-4H3. The van der Waals surface area contributed by atoms with E-state index < -0.39 is 0 Å². The van der Waals surface area contributed by atoms with Crippen LogP contribution in [0.3, 0.4) is 0 Å². The van der Waals surface area contributed by atoms with Crippen molar-refractivity contribution in [3.8, 4) is 0 Å². The number of aromatic nitrogens is 1. The summed E-state index contributed by atoms with van der Waals surface area (Å²) >= 11 is 0. The van der Waals surface area contributed by atoms with Gasteiger partial charge in [-0.1, -0.05) is 49.4 Å². The molecule has 0 radical (unpaired) electrons. The van der Waals surface area contributed by atoms with Crippen LogP contribution in [0, 0.1) is 6.92 Å². The summed E-state index contributed by atoms with van der Waals surface area (Å²) in [4.78, 5) is 4.59. The molecule has 2 rings (SSSR count). The fourth-order valence-electron chi connectivity index (χ4n) is 2.03. The molecule has 1 atom stereocenters. The Morgan fingerprint density at radius 3 is 2.33 bits per heavy atom. The zero-order valence-electron chi connectivity index (χ0n) is 11.3. The molecule has 1 heteroatoms. The Balaban J connectivity index is 2.28. The zero-order valence-corrected chi connectivity index (χ0v) is 11.3. The van der Waals surface area contributed by atoms with Gasteiger partial charge in [-0.25, -0.2) is 0 Å². The van der Waals surface area contributed by atoms with Crippen LogP contribution >= 0.6 is 0 Å². The molecular formula is C17H19N. The minimum atomic E-state index is 0.323. The highest BCUT2D eigenvalue weighted by Gasteiger charge is 2.09. The molecule has 0 fully saturated rings. The highest BCUT2D eigenvalue weighted by Crippen LogP contribution is 2.24. The quantitative estimate of drug-likeness (QED) is 0.761. The lowest BCUT2D eigenvalue weighted by Crippen LogP contribution is -2.00. The molecule has 1 nitrogen and oxygen atoms in total. The molecule has 1 aromatic heterocycles. The Kier molecular flexibility index (Phi) is 3.61. The Bertz CT molecular complexity index is 552. The van der Waals surface area contributed by atoms with Crippen LogP contribution < -0.4 is 0 Å². The summed E-state index contributed by atoms with van der Waals surface area (Å²) in [6, 6.07) is 14.8. The van der Waals surface area contributed by atoms with Gasteiger partial charge in [0.15, 0.2) is 0 Å². The minimum absolute atomic E-state index is 0.323. The van der Waals surface area contributed by atoms with Gasteiger partial charge in [-0.05, 0) is 37.1 Å². The molecular weight excluding hydrogens is 218 g/mol. The lowest BCUT2D eigenvalue weighted by molar-refractivity contribution is 0.861. The molecule has 92 valence electrons. The van der Waals surface area contributed by atoms with Gasteiger partial charge < -0.3 is 0 Å². The molecule has 1 aromatic carbocycles. The van der Waals surface area contributed by atoms with Crippen molar-refractivity contribution in [3.63, 3.8) is 0 Å². The van der Waals surface area contributed by atoms with Gasteiger partial charge in [0.25, 0.3) is 0 Å². The van der Waals surface area contributed by atoms with E-state index in [-0.39, 0.29) is 0 Å². The van der Waals surface area contributed by atoms with E-state index in [1.165, 1.54) is 11.1 Å². The number of rotatable bonds is 3. The Labute approximate surface area is 109 Å². The first-order valence-electron chi connectivity index (χ1n) is 6.27. The van der Waals surface area contributed by atoms with E-state index in [4.69, 9.17) is 0 Å². The van der Waals surface area contributed by atoms with Crippen LogP contribution in [0.4, 0.5) is 0 Å². The summed E-state index contributed by atoms with van der Waals surface area (Å²) in [5.41, 5.74) is 5.78. The van der Waals surface area contributed by atoms with E-state index in [1.54, 1.807) is 0 Å². The Morgan fingerprint density at radius 2 is 1.78 bits per heavy atom. The third kappa shape index (κ3) is 2.67. The summed E-state index contributed by atoms with van der Waals surface area (Å²) in [5.74, 6) is 0.323. The predicted molar refractivity (Wildman–Crippen MR) is 77.6 cm³/mol. The maximum atomic E-state index is 4.59. The van der Waals surface area contributed by atoms with Crippen molar-refractivity contribution in [2.75, 3.05) is 0 Å². The number of allylic oxidation sites excluding steroid dienone is 1. The topological polar surface area (TPSA) is 12.9 Å². The van der Waals surface area contributed by atoms with Gasteiger partial charge in [-0.2, -0.15) is 0 Å². The van der Waals surface area contributed by atoms with Gasteiger partial charge >= 0.3 is 0 Å². The van der Waals surface area contributed by atoms with Gasteiger partial charge in [0.05, 0.1) is 0 Å². The van der Waals surface area contributed by atoms with Gasteiger partial charge in [0, 0.05) is 17.3 Å². The lowest BCUT2D eigenvalue weighted by Gasteiger charge is -2.12. The van der Waals surface area contributed by atoms with Crippen LogP contribution in [-0.4, -0.2) is 4.98 Å². The smallest absolute Gasteiger partial charge is 0.0478 e. The molecule has 0 saturated carbocycles. The summed E-state index contributed by atoms with van der Waals surface area (Å²) in [7, 11) is 0. The van der Waals surface area contributed by atoms with E-state index in [1.807, 2.05) is 19.9 Å². The molecule has 1 heterocycles. The molecule has 0 amide bonds. The van der Waals surface area contributed by atoms with Crippen molar-refractivity contribution in [1.29, 1.82) is 0 Å². The minimum Gasteiger partial charge on any atom is -0.258 e. The molecule has 0 aliphatic carbocycles. The second kappa shape index (κ2) is 5.18. The molecule has 0 N–H and O–H groups in total. The van der Waals surface area contributed by atoms with Crippen LogP contribution in [0.2, 0.25) is 0 Å². The first kappa shape index (κ1) is 12.6. The average molecular weight is 237 g/mol. The summed E-state index contributed by atoms with van der Waals surface area (Å²) < 4.78 is 0. The zero-order chi connectivity index (χ0) is 13.1. The van der Waals surface area contributed by atoms with E-state index in [2.05, 4.69) is 54.9 Å². The van der Waals surface area contributed by atoms with Gasteiger partial charge in [0.2, 0.25) is 0 Å². The van der Waals surface area contributed by atoms with E-state index in [0.717, 1.165) is 17.0 Å². The van der Waals surface area contributed by atoms with Gasteiger partial charge in [-0.3, -0.25) is 4.98 Å². The lowest BCUT2D eigenvalue weighted by atomic mass is 9.95. The second-order valence-electron chi connectivity index (χ2n) is 4.83. The number of pyridine rings is 1. The molecule has 0 bridgehead atoms. The molecule has 0 saturated heterocycles. The van der Waals surface area contributed by atoms with Crippen molar-refractivity contribution in [2.45, 2.75) is 26.7 Å². The molecule has 1 unspecified atom stereocenters. The molecule has 0 aliphatic rings. The second-order valence-corrected chi connectivity index (χ2v) is 4.83. The van der Waals surface area contributed by atoms with Crippen molar-refractivity contribution < 1.29 is 0 Å². The fraction of sp³-hybridized carbons (Fsp3) is 0.235. The van der Waals surface area contributed by atoms with Crippen molar-refractivity contribution in [2.24, 2.45) is 0 Å². The van der Waals surface area contributed by atoms with E-state index in [9.17, 15) is 0 Å². The van der Waals surface area contributed by atoms with Crippen LogP contribution in [0.15, 0.2) is 49.0 Å². The molecule has 18 heavy (non-hydrogen) atoms. The van der Waals surface area contributed by atoms with Crippen LogP contribution in [0.1, 0.15) is 42.3 Å².